The molecule has 0 aliphatic heterocycles. The van der Waals surface area contributed by atoms with Gasteiger partial charge >= 0.3 is 0 Å². The maximum absolute atomic E-state index is 12.2. The molecular weight excluding hydrogens is 278 g/mol. The van der Waals surface area contributed by atoms with E-state index in [4.69, 9.17) is 0 Å². The lowest BCUT2D eigenvalue weighted by Gasteiger charge is -2.34. The second-order valence-corrected chi connectivity index (χ2v) is 5.55. The van der Waals surface area contributed by atoms with Gasteiger partial charge in [-0.05, 0) is 30.9 Å². The SMILES string of the molecule is CCC(C)(CBr)NC(=O)C1Cc2ccccc21. The minimum Gasteiger partial charge on any atom is -0.350 e. The van der Waals surface area contributed by atoms with E-state index in [0.717, 1.165) is 18.2 Å². The van der Waals surface area contributed by atoms with E-state index < -0.39 is 0 Å². The number of amides is 1. The van der Waals surface area contributed by atoms with Crippen LogP contribution in [0.1, 0.15) is 37.3 Å². The standard InChI is InChI=1S/C14H18BrNO/c1-3-14(2,9-15)16-13(17)12-8-10-6-4-5-7-11(10)12/h4-7,12H,3,8-9H2,1-2H3,(H,16,17). The second-order valence-electron chi connectivity index (χ2n) is 4.99. The van der Waals surface area contributed by atoms with E-state index in [1.165, 1.54) is 11.1 Å². The first-order valence-electron chi connectivity index (χ1n) is 6.05. The summed E-state index contributed by atoms with van der Waals surface area (Å²) in [4.78, 5) is 12.2. The highest BCUT2D eigenvalue weighted by Crippen LogP contribution is 2.35. The van der Waals surface area contributed by atoms with Crippen molar-refractivity contribution in [1.29, 1.82) is 0 Å². The number of carbonyl (C=O) groups excluding carboxylic acids is 1. The Kier molecular flexibility index (Phi) is 3.57. The minimum atomic E-state index is -0.137. The van der Waals surface area contributed by atoms with Gasteiger partial charge in [-0.1, -0.05) is 47.1 Å². The molecule has 17 heavy (non-hydrogen) atoms. The lowest BCUT2D eigenvalue weighted by molar-refractivity contribution is -0.124. The van der Waals surface area contributed by atoms with Gasteiger partial charge in [-0.3, -0.25) is 4.79 Å². The van der Waals surface area contributed by atoms with Gasteiger partial charge in [0.15, 0.2) is 0 Å². The number of hydrogen-bond donors (Lipinski definition) is 1. The van der Waals surface area contributed by atoms with E-state index in [9.17, 15) is 4.79 Å². The average Bonchev–Trinajstić information content (AvgIpc) is 2.30. The summed E-state index contributed by atoms with van der Waals surface area (Å²) >= 11 is 3.47. The van der Waals surface area contributed by atoms with Crippen LogP contribution in [-0.4, -0.2) is 16.8 Å². The topological polar surface area (TPSA) is 29.1 Å². The summed E-state index contributed by atoms with van der Waals surface area (Å²) in [6.45, 7) is 4.17. The third-order valence-electron chi connectivity index (χ3n) is 3.67. The summed E-state index contributed by atoms with van der Waals surface area (Å²) in [5.74, 6) is 0.212. The maximum Gasteiger partial charge on any atom is 0.228 e. The molecule has 0 aromatic heterocycles. The number of carbonyl (C=O) groups is 1. The van der Waals surface area contributed by atoms with Gasteiger partial charge in [-0.15, -0.1) is 0 Å². The maximum atomic E-state index is 12.2. The predicted octanol–water partition coefficient (Wildman–Crippen LogP) is 3.01. The fraction of sp³-hybridized carbons (Fsp3) is 0.500. The van der Waals surface area contributed by atoms with E-state index in [2.05, 4.69) is 47.2 Å². The Hall–Kier alpha value is -0.830. The zero-order chi connectivity index (χ0) is 12.5. The fourth-order valence-corrected chi connectivity index (χ4v) is 2.63. The van der Waals surface area contributed by atoms with Gasteiger partial charge in [0.1, 0.15) is 0 Å². The molecule has 92 valence electrons. The summed E-state index contributed by atoms with van der Waals surface area (Å²) < 4.78 is 0. The smallest absolute Gasteiger partial charge is 0.228 e. The average molecular weight is 296 g/mol. The quantitative estimate of drug-likeness (QED) is 0.850. The van der Waals surface area contributed by atoms with Crippen molar-refractivity contribution >= 4 is 21.8 Å². The lowest BCUT2D eigenvalue weighted by atomic mass is 9.76. The first-order valence-corrected chi connectivity index (χ1v) is 7.17. The van der Waals surface area contributed by atoms with Gasteiger partial charge in [-0.25, -0.2) is 0 Å². The van der Waals surface area contributed by atoms with E-state index in [1.807, 2.05) is 12.1 Å². The molecule has 2 atom stereocenters. The van der Waals surface area contributed by atoms with Crippen molar-refractivity contribution in [2.24, 2.45) is 0 Å². The summed E-state index contributed by atoms with van der Waals surface area (Å²) in [6, 6.07) is 8.19. The minimum absolute atomic E-state index is 0.0520. The van der Waals surface area contributed by atoms with Crippen LogP contribution in [0.2, 0.25) is 0 Å². The molecule has 1 aliphatic rings. The first-order chi connectivity index (χ1) is 8.09. The number of fused-ring (bicyclic) bond motifs is 1. The Bertz CT molecular complexity index is 426. The molecule has 1 aromatic rings. The van der Waals surface area contributed by atoms with Crippen molar-refractivity contribution in [3.63, 3.8) is 0 Å². The molecule has 0 saturated heterocycles. The molecule has 0 bridgehead atoms. The molecule has 0 radical (unpaired) electrons. The van der Waals surface area contributed by atoms with Gasteiger partial charge < -0.3 is 5.32 Å². The third-order valence-corrected chi connectivity index (χ3v) is 4.91. The molecule has 1 aliphatic carbocycles. The highest BCUT2D eigenvalue weighted by Gasteiger charge is 2.34. The molecule has 0 saturated carbocycles. The van der Waals surface area contributed by atoms with Crippen molar-refractivity contribution < 1.29 is 4.79 Å². The fourth-order valence-electron chi connectivity index (χ4n) is 2.09. The van der Waals surface area contributed by atoms with Crippen LogP contribution in [0.5, 0.6) is 0 Å². The third kappa shape index (κ3) is 2.39. The van der Waals surface area contributed by atoms with Crippen molar-refractivity contribution in [1.82, 2.24) is 5.32 Å². The van der Waals surface area contributed by atoms with Crippen LogP contribution in [0, 0.1) is 0 Å². The molecule has 3 heteroatoms. The van der Waals surface area contributed by atoms with E-state index in [0.29, 0.717) is 0 Å². The van der Waals surface area contributed by atoms with Crippen molar-refractivity contribution in [3.8, 4) is 0 Å². The van der Waals surface area contributed by atoms with Crippen LogP contribution in [-0.2, 0) is 11.2 Å². The van der Waals surface area contributed by atoms with Crippen molar-refractivity contribution in [3.05, 3.63) is 35.4 Å². The number of benzene rings is 1. The van der Waals surface area contributed by atoms with Gasteiger partial charge in [0.2, 0.25) is 5.91 Å². The van der Waals surface area contributed by atoms with Gasteiger partial charge in [0.25, 0.3) is 0 Å². The monoisotopic (exact) mass is 295 g/mol. The van der Waals surface area contributed by atoms with Crippen molar-refractivity contribution in [2.75, 3.05) is 5.33 Å². The van der Waals surface area contributed by atoms with Gasteiger partial charge in [0.05, 0.1) is 5.92 Å². The highest BCUT2D eigenvalue weighted by atomic mass is 79.9. The molecule has 2 rings (SSSR count). The number of nitrogens with one attached hydrogen (secondary N) is 1. The molecule has 1 N–H and O–H groups in total. The van der Waals surface area contributed by atoms with E-state index in [1.54, 1.807) is 0 Å². The Labute approximate surface area is 111 Å². The lowest BCUT2D eigenvalue weighted by Crippen LogP contribution is -2.50. The summed E-state index contributed by atoms with van der Waals surface area (Å²) in [6.07, 6.45) is 1.81. The summed E-state index contributed by atoms with van der Waals surface area (Å²) in [5.41, 5.74) is 2.37. The number of halogens is 1. The highest BCUT2D eigenvalue weighted by molar-refractivity contribution is 9.09. The van der Waals surface area contributed by atoms with Gasteiger partial charge in [-0.2, -0.15) is 0 Å². The Morgan fingerprint density at radius 3 is 2.82 bits per heavy atom. The van der Waals surface area contributed by atoms with Crippen molar-refractivity contribution in [2.45, 2.75) is 38.1 Å². The zero-order valence-electron chi connectivity index (χ0n) is 10.3. The molecule has 0 heterocycles. The van der Waals surface area contributed by atoms with Crippen LogP contribution in [0.3, 0.4) is 0 Å². The number of alkyl halides is 1. The number of rotatable bonds is 4. The van der Waals surface area contributed by atoms with Crippen LogP contribution in [0.4, 0.5) is 0 Å². The molecule has 0 spiro atoms. The summed E-state index contributed by atoms with van der Waals surface area (Å²) in [7, 11) is 0. The molecule has 2 unspecified atom stereocenters. The van der Waals surface area contributed by atoms with Crippen LogP contribution >= 0.6 is 15.9 Å². The predicted molar refractivity (Wildman–Crippen MR) is 73.5 cm³/mol. The Morgan fingerprint density at radius 1 is 1.53 bits per heavy atom. The Balaban J connectivity index is 2.05. The molecule has 1 amide bonds. The normalized spacial score (nSPS) is 21.0. The van der Waals surface area contributed by atoms with Crippen LogP contribution in [0.15, 0.2) is 24.3 Å². The molecular formula is C14H18BrNO. The second kappa shape index (κ2) is 4.81. The largest absolute Gasteiger partial charge is 0.350 e. The van der Waals surface area contributed by atoms with Crippen LogP contribution in [0.25, 0.3) is 0 Å². The molecule has 1 aromatic carbocycles. The number of hydrogen-bond acceptors (Lipinski definition) is 1. The van der Waals surface area contributed by atoms with E-state index >= 15 is 0 Å². The van der Waals surface area contributed by atoms with E-state index in [-0.39, 0.29) is 17.4 Å². The molecule has 2 nitrogen and oxygen atoms in total. The first kappa shape index (κ1) is 12.6. The zero-order valence-corrected chi connectivity index (χ0v) is 11.9. The Morgan fingerprint density at radius 2 is 2.24 bits per heavy atom. The van der Waals surface area contributed by atoms with Gasteiger partial charge in [0, 0.05) is 10.9 Å². The summed E-state index contributed by atoms with van der Waals surface area (Å²) in [5, 5.41) is 3.94. The van der Waals surface area contributed by atoms with Crippen LogP contribution < -0.4 is 5.32 Å². The molecule has 0 fully saturated rings.